The largest absolute Gasteiger partial charge is 0.494 e. The third kappa shape index (κ3) is 5.55. The molecule has 0 saturated heterocycles. The Balaban J connectivity index is 1.53. The molecule has 0 bridgehead atoms. The van der Waals surface area contributed by atoms with Crippen molar-refractivity contribution in [2.75, 3.05) is 13.2 Å². The predicted molar refractivity (Wildman–Crippen MR) is 150 cm³/mol. The topological polar surface area (TPSA) is 94.3 Å². The lowest BCUT2D eigenvalue weighted by molar-refractivity contribution is -0.384. The van der Waals surface area contributed by atoms with Crippen LogP contribution in [0.3, 0.4) is 0 Å². The van der Waals surface area contributed by atoms with E-state index in [0.29, 0.717) is 13.2 Å². The number of allylic oxidation sites excluding steroid dienone is 1. The molecule has 1 heterocycles. The zero-order chi connectivity index (χ0) is 27.4. The van der Waals surface area contributed by atoms with E-state index in [-0.39, 0.29) is 29.1 Å². The summed E-state index contributed by atoms with van der Waals surface area (Å²) >= 11 is 0. The van der Waals surface area contributed by atoms with Crippen molar-refractivity contribution in [3.05, 3.63) is 105 Å². The average Bonchev–Trinajstić information content (AvgIpc) is 3.35. The van der Waals surface area contributed by atoms with Crippen LogP contribution in [0.5, 0.6) is 11.5 Å². The highest BCUT2D eigenvalue weighted by Gasteiger charge is 2.44. The first-order chi connectivity index (χ1) is 19.0. The summed E-state index contributed by atoms with van der Waals surface area (Å²) in [6, 6.07) is 21.2. The van der Waals surface area contributed by atoms with Crippen LogP contribution in [-0.4, -0.2) is 34.8 Å². The van der Waals surface area contributed by atoms with E-state index >= 15 is 0 Å². The number of hydrogen-bond donors (Lipinski definition) is 0. The summed E-state index contributed by atoms with van der Waals surface area (Å²) in [4.78, 5) is 24.7. The molecule has 39 heavy (non-hydrogen) atoms. The number of fused-ring (bicyclic) bond motifs is 1. The van der Waals surface area contributed by atoms with Gasteiger partial charge in [0.1, 0.15) is 11.5 Å². The number of ether oxygens (including phenoxy) is 2. The van der Waals surface area contributed by atoms with E-state index in [0.717, 1.165) is 53.2 Å². The molecule has 5 rings (SSSR count). The fourth-order valence-corrected chi connectivity index (χ4v) is 5.34. The van der Waals surface area contributed by atoms with E-state index in [1.165, 1.54) is 23.2 Å². The van der Waals surface area contributed by atoms with Gasteiger partial charge in [0.2, 0.25) is 0 Å². The Morgan fingerprint density at radius 1 is 1.03 bits per heavy atom. The lowest BCUT2D eigenvalue weighted by Crippen LogP contribution is -2.32. The molecule has 0 N–H and O–H groups in total. The first kappa shape index (κ1) is 26.2. The lowest BCUT2D eigenvalue weighted by atomic mass is 9.77. The number of nitro benzene ring substituents is 1. The third-order valence-electron chi connectivity index (χ3n) is 7.08. The van der Waals surface area contributed by atoms with Gasteiger partial charge < -0.3 is 9.47 Å². The summed E-state index contributed by atoms with van der Waals surface area (Å²) in [5, 5.41) is 17.8. The first-order valence-electron chi connectivity index (χ1n) is 13.3. The van der Waals surface area contributed by atoms with Crippen molar-refractivity contribution >= 4 is 23.4 Å². The summed E-state index contributed by atoms with van der Waals surface area (Å²) < 4.78 is 11.2. The minimum absolute atomic E-state index is 0.00768. The number of hydrogen-bond acceptors (Lipinski definition) is 6. The standard InChI is InChI=1S/C31H31N3O5/c1-3-38-26-15-11-21(12-16-26)19-23-7-6-10-28-29(23)32-33(30(28)22-13-17-27(18-14-22)39-4-2)31(35)24-8-5-9-25(20-24)34(36)37/h5,8-9,11-20,28,30H,3-4,6-7,10H2,1-2H3/b23-19+. The van der Waals surface area contributed by atoms with Crippen LogP contribution in [-0.2, 0) is 0 Å². The maximum absolute atomic E-state index is 13.8. The van der Waals surface area contributed by atoms with E-state index < -0.39 is 4.92 Å². The second-order valence-corrected chi connectivity index (χ2v) is 9.56. The van der Waals surface area contributed by atoms with Gasteiger partial charge in [-0.2, -0.15) is 5.10 Å². The van der Waals surface area contributed by atoms with Crippen molar-refractivity contribution in [3.63, 3.8) is 0 Å². The van der Waals surface area contributed by atoms with Crippen molar-refractivity contribution in [1.29, 1.82) is 0 Å². The monoisotopic (exact) mass is 525 g/mol. The summed E-state index contributed by atoms with van der Waals surface area (Å²) in [6.07, 6.45) is 4.85. The second-order valence-electron chi connectivity index (χ2n) is 9.56. The molecule has 0 spiro atoms. The minimum Gasteiger partial charge on any atom is -0.494 e. The summed E-state index contributed by atoms with van der Waals surface area (Å²) in [7, 11) is 0. The zero-order valence-electron chi connectivity index (χ0n) is 22.1. The highest BCUT2D eigenvalue weighted by atomic mass is 16.6. The molecule has 1 amide bonds. The van der Waals surface area contributed by atoms with Crippen molar-refractivity contribution in [2.45, 2.75) is 39.2 Å². The molecule has 8 nitrogen and oxygen atoms in total. The number of rotatable bonds is 8. The van der Waals surface area contributed by atoms with Crippen LogP contribution in [0.2, 0.25) is 0 Å². The van der Waals surface area contributed by atoms with Gasteiger partial charge >= 0.3 is 0 Å². The van der Waals surface area contributed by atoms with E-state index in [2.05, 4.69) is 6.08 Å². The van der Waals surface area contributed by atoms with Crippen LogP contribution in [0.4, 0.5) is 5.69 Å². The Morgan fingerprint density at radius 3 is 2.33 bits per heavy atom. The van der Waals surface area contributed by atoms with Gasteiger partial charge in [0.05, 0.1) is 29.9 Å². The van der Waals surface area contributed by atoms with Gasteiger partial charge in [-0.05, 0) is 86.2 Å². The molecule has 1 saturated carbocycles. The Morgan fingerprint density at radius 2 is 1.69 bits per heavy atom. The van der Waals surface area contributed by atoms with E-state index in [4.69, 9.17) is 14.6 Å². The summed E-state index contributed by atoms with van der Waals surface area (Å²) in [5.74, 6) is 1.23. The average molecular weight is 526 g/mol. The van der Waals surface area contributed by atoms with Crippen molar-refractivity contribution in [2.24, 2.45) is 11.0 Å². The molecule has 0 aromatic heterocycles. The Kier molecular flexibility index (Phi) is 7.72. The second kappa shape index (κ2) is 11.5. The molecule has 2 atom stereocenters. The van der Waals surface area contributed by atoms with Gasteiger partial charge in [0.15, 0.2) is 0 Å². The van der Waals surface area contributed by atoms with Gasteiger partial charge in [-0.3, -0.25) is 14.9 Å². The number of benzene rings is 3. The maximum Gasteiger partial charge on any atom is 0.274 e. The van der Waals surface area contributed by atoms with E-state index in [9.17, 15) is 14.9 Å². The molecule has 3 aromatic rings. The molecule has 8 heteroatoms. The lowest BCUT2D eigenvalue weighted by Gasteiger charge is -2.29. The number of non-ortho nitro benzene ring substituents is 1. The predicted octanol–water partition coefficient (Wildman–Crippen LogP) is 6.83. The van der Waals surface area contributed by atoms with Gasteiger partial charge in [-0.25, -0.2) is 5.01 Å². The molecule has 3 aromatic carbocycles. The highest BCUT2D eigenvalue weighted by molar-refractivity contribution is 6.09. The number of nitro groups is 1. The van der Waals surface area contributed by atoms with Crippen LogP contribution in [0.25, 0.3) is 6.08 Å². The maximum atomic E-state index is 13.8. The van der Waals surface area contributed by atoms with Crippen molar-refractivity contribution < 1.29 is 19.2 Å². The molecule has 1 aliphatic heterocycles. The number of hydrazone groups is 1. The van der Waals surface area contributed by atoms with E-state index in [1.54, 1.807) is 6.07 Å². The Bertz CT molecular complexity index is 1410. The van der Waals surface area contributed by atoms with Crippen molar-refractivity contribution in [1.82, 2.24) is 5.01 Å². The van der Waals surface area contributed by atoms with Gasteiger partial charge in [0.25, 0.3) is 11.6 Å². The van der Waals surface area contributed by atoms with Crippen LogP contribution < -0.4 is 9.47 Å². The Labute approximate surface area is 227 Å². The van der Waals surface area contributed by atoms with E-state index in [1.807, 2.05) is 62.4 Å². The third-order valence-corrected chi connectivity index (χ3v) is 7.08. The molecule has 1 aliphatic carbocycles. The Hall–Kier alpha value is -4.46. The van der Waals surface area contributed by atoms with Gasteiger partial charge in [-0.15, -0.1) is 0 Å². The molecule has 0 radical (unpaired) electrons. The fraction of sp³-hybridized carbons (Fsp3) is 0.290. The summed E-state index contributed by atoms with van der Waals surface area (Å²) in [6.45, 7) is 5.07. The number of nitrogens with zero attached hydrogens (tertiary/aromatic N) is 3. The van der Waals surface area contributed by atoms with Crippen LogP contribution in [0, 0.1) is 16.0 Å². The van der Waals surface area contributed by atoms with Crippen LogP contribution >= 0.6 is 0 Å². The fourth-order valence-electron chi connectivity index (χ4n) is 5.34. The quantitative estimate of drug-likeness (QED) is 0.237. The zero-order valence-corrected chi connectivity index (χ0v) is 22.1. The minimum atomic E-state index is -0.492. The number of carbonyl (C=O) groups is 1. The van der Waals surface area contributed by atoms with Crippen LogP contribution in [0.15, 0.2) is 83.5 Å². The van der Waals surface area contributed by atoms with Crippen molar-refractivity contribution in [3.8, 4) is 11.5 Å². The SMILES string of the molecule is CCOc1ccc(/C=C2\CCCC3C2=NN(C(=O)c2cccc([N+](=O)[O-])c2)C3c2ccc(OCC)cc2)cc1. The molecule has 2 unspecified atom stereocenters. The van der Waals surface area contributed by atoms with Crippen LogP contribution in [0.1, 0.15) is 60.6 Å². The first-order valence-corrected chi connectivity index (χ1v) is 13.3. The smallest absolute Gasteiger partial charge is 0.274 e. The molecular formula is C31H31N3O5. The van der Waals surface area contributed by atoms with Gasteiger partial charge in [-0.1, -0.05) is 30.3 Å². The number of amides is 1. The summed E-state index contributed by atoms with van der Waals surface area (Å²) in [5.41, 5.74) is 4.09. The van der Waals surface area contributed by atoms with Gasteiger partial charge in [0, 0.05) is 23.6 Å². The molecule has 1 fully saturated rings. The molecular weight excluding hydrogens is 494 g/mol. The normalized spacial score (nSPS) is 19.4. The number of carbonyl (C=O) groups excluding carboxylic acids is 1. The molecule has 200 valence electrons. The highest BCUT2D eigenvalue weighted by Crippen LogP contribution is 2.45. The molecule has 2 aliphatic rings.